The molecule has 0 rings (SSSR count). The maximum Gasteiger partial charge on any atom is 0.238 e. The molecule has 0 nitrogen and oxygen atoms in total. The highest BCUT2D eigenvalue weighted by atomic mass is 35.5. The number of rotatable bonds is 3. The van der Waals surface area contributed by atoms with Crippen LogP contribution in [0.15, 0.2) is 0 Å². The smallest absolute Gasteiger partial charge is 0.211 e. The van der Waals surface area contributed by atoms with Gasteiger partial charge in [0.1, 0.15) is 0 Å². The Bertz CT molecular complexity index is 38.7. The predicted molar refractivity (Wildman–Crippen MR) is 26.0 cm³/mol. The lowest BCUT2D eigenvalue weighted by Crippen LogP contribution is -1.88. The van der Waals surface area contributed by atoms with Crippen molar-refractivity contribution in [2.24, 2.45) is 0 Å². The van der Waals surface area contributed by atoms with Gasteiger partial charge in [-0.1, -0.05) is 0 Å². The molecular weight excluding hydrogens is 121 g/mol. The summed E-state index contributed by atoms with van der Waals surface area (Å²) in [5, 5.41) is 0. The molecule has 0 unspecified atom stereocenters. The van der Waals surface area contributed by atoms with Crippen LogP contribution in [-0.4, -0.2) is 12.3 Å². The van der Waals surface area contributed by atoms with Gasteiger partial charge in [-0.2, -0.15) is 0 Å². The Morgan fingerprint density at radius 3 is 2.14 bits per heavy atom. The van der Waals surface area contributed by atoms with Gasteiger partial charge in [0.25, 0.3) is 0 Å². The second kappa shape index (κ2) is 4.31. The molecular formula is C4H7ClF2. The summed E-state index contributed by atoms with van der Waals surface area (Å²) in [6, 6.07) is 0. The van der Waals surface area contributed by atoms with E-state index in [1.165, 1.54) is 0 Å². The number of hydrogen-bond acceptors (Lipinski definition) is 0. The lowest BCUT2D eigenvalue weighted by Gasteiger charge is -1.90. The van der Waals surface area contributed by atoms with E-state index in [2.05, 4.69) is 0 Å². The molecule has 0 aromatic carbocycles. The molecule has 0 aliphatic rings. The van der Waals surface area contributed by atoms with Crippen LogP contribution in [0.4, 0.5) is 8.78 Å². The van der Waals surface area contributed by atoms with E-state index in [4.69, 9.17) is 11.6 Å². The summed E-state index contributed by atoms with van der Waals surface area (Å²) in [6.07, 6.45) is -1.83. The van der Waals surface area contributed by atoms with Crippen LogP contribution in [0.5, 0.6) is 0 Å². The molecule has 0 amide bonds. The van der Waals surface area contributed by atoms with E-state index in [1.807, 2.05) is 0 Å². The third-order valence-corrected chi connectivity index (χ3v) is 0.823. The molecule has 0 saturated carbocycles. The Kier molecular flexibility index (Phi) is 4.41. The molecule has 0 atom stereocenters. The van der Waals surface area contributed by atoms with Gasteiger partial charge < -0.3 is 0 Å². The monoisotopic (exact) mass is 128 g/mol. The Morgan fingerprint density at radius 1 is 1.43 bits per heavy atom. The second-order valence-corrected chi connectivity index (χ2v) is 1.60. The van der Waals surface area contributed by atoms with Crippen molar-refractivity contribution in [3.05, 3.63) is 0 Å². The summed E-state index contributed by atoms with van der Waals surface area (Å²) in [5.74, 6) is 0.338. The molecule has 0 aromatic rings. The van der Waals surface area contributed by atoms with Crippen molar-refractivity contribution < 1.29 is 8.78 Å². The Balaban J connectivity index is 2.68. The first-order chi connectivity index (χ1) is 3.27. The summed E-state index contributed by atoms with van der Waals surface area (Å²) in [4.78, 5) is 0. The van der Waals surface area contributed by atoms with Crippen molar-refractivity contribution in [1.29, 1.82) is 0 Å². The molecule has 0 aliphatic heterocycles. The largest absolute Gasteiger partial charge is 0.238 e. The first-order valence-corrected chi connectivity index (χ1v) is 2.65. The predicted octanol–water partition coefficient (Wildman–Crippen LogP) is 2.27. The Morgan fingerprint density at radius 2 is 2.00 bits per heavy atom. The van der Waals surface area contributed by atoms with Crippen molar-refractivity contribution in [3.63, 3.8) is 0 Å². The van der Waals surface area contributed by atoms with Crippen molar-refractivity contribution in [2.45, 2.75) is 19.3 Å². The van der Waals surface area contributed by atoms with Gasteiger partial charge in [0, 0.05) is 12.3 Å². The number of hydrogen-bond donors (Lipinski definition) is 0. The zero-order valence-corrected chi connectivity index (χ0v) is 4.59. The summed E-state index contributed by atoms with van der Waals surface area (Å²) in [6.45, 7) is 0. The van der Waals surface area contributed by atoms with E-state index in [1.54, 1.807) is 0 Å². The molecule has 0 aromatic heterocycles. The Labute approximate surface area is 46.5 Å². The molecule has 0 saturated heterocycles. The maximum absolute atomic E-state index is 11.2. The first kappa shape index (κ1) is 7.15. The van der Waals surface area contributed by atoms with Crippen LogP contribution in [0.3, 0.4) is 0 Å². The molecule has 44 valence electrons. The summed E-state index contributed by atoms with van der Waals surface area (Å²) in [5.41, 5.74) is 0. The van der Waals surface area contributed by atoms with Crippen LogP contribution in [0.2, 0.25) is 0 Å². The third kappa shape index (κ3) is 6.15. The zero-order chi connectivity index (χ0) is 5.70. The minimum atomic E-state index is -2.18. The number of alkyl halides is 3. The highest BCUT2D eigenvalue weighted by molar-refractivity contribution is 6.17. The molecule has 0 bridgehead atoms. The fraction of sp³-hybridized carbons (Fsp3) is 1.00. The highest BCUT2D eigenvalue weighted by Gasteiger charge is 1.98. The standard InChI is InChI=1S/C4H7ClF2/c5-3-1-2-4(6)7/h4H,1-3H2. The second-order valence-electron chi connectivity index (χ2n) is 1.22. The van der Waals surface area contributed by atoms with E-state index in [-0.39, 0.29) is 6.42 Å². The van der Waals surface area contributed by atoms with Crippen LogP contribution in [0.1, 0.15) is 12.8 Å². The lowest BCUT2D eigenvalue weighted by molar-refractivity contribution is 0.137. The quantitative estimate of drug-likeness (QED) is 0.512. The SMILES string of the molecule is FC(F)CCCCl. The van der Waals surface area contributed by atoms with Crippen LogP contribution >= 0.6 is 11.6 Å². The fourth-order valence-electron chi connectivity index (χ4n) is 0.231. The summed E-state index contributed by atoms with van der Waals surface area (Å²) >= 11 is 5.11. The minimum absolute atomic E-state index is 0.0660. The van der Waals surface area contributed by atoms with Gasteiger partial charge >= 0.3 is 0 Å². The highest BCUT2D eigenvalue weighted by Crippen LogP contribution is 2.02. The molecule has 0 fully saturated rings. The van der Waals surface area contributed by atoms with Gasteiger partial charge in [-0.15, -0.1) is 11.6 Å². The van der Waals surface area contributed by atoms with Crippen LogP contribution < -0.4 is 0 Å². The summed E-state index contributed by atoms with van der Waals surface area (Å²) < 4.78 is 22.3. The first-order valence-electron chi connectivity index (χ1n) is 2.11. The van der Waals surface area contributed by atoms with Crippen LogP contribution in [-0.2, 0) is 0 Å². The molecule has 0 N–H and O–H groups in total. The Hall–Kier alpha value is 0.150. The molecule has 0 radical (unpaired) electrons. The lowest BCUT2D eigenvalue weighted by atomic mass is 10.4. The van der Waals surface area contributed by atoms with E-state index in [9.17, 15) is 8.78 Å². The van der Waals surface area contributed by atoms with Crippen LogP contribution in [0, 0.1) is 0 Å². The van der Waals surface area contributed by atoms with Crippen molar-refractivity contribution in [2.75, 3.05) is 5.88 Å². The number of halogens is 3. The zero-order valence-electron chi connectivity index (χ0n) is 3.83. The van der Waals surface area contributed by atoms with Gasteiger partial charge in [-0.05, 0) is 6.42 Å². The van der Waals surface area contributed by atoms with E-state index >= 15 is 0 Å². The molecule has 0 aliphatic carbocycles. The van der Waals surface area contributed by atoms with Gasteiger partial charge in [0.2, 0.25) is 6.43 Å². The van der Waals surface area contributed by atoms with E-state index in [0.29, 0.717) is 12.3 Å². The van der Waals surface area contributed by atoms with Gasteiger partial charge in [-0.25, -0.2) is 8.78 Å². The van der Waals surface area contributed by atoms with Crippen LogP contribution in [0.25, 0.3) is 0 Å². The van der Waals surface area contributed by atoms with Gasteiger partial charge in [-0.3, -0.25) is 0 Å². The van der Waals surface area contributed by atoms with Gasteiger partial charge in [0.15, 0.2) is 0 Å². The van der Waals surface area contributed by atoms with E-state index in [0.717, 1.165) is 0 Å². The normalized spacial score (nSPS) is 10.3. The van der Waals surface area contributed by atoms with Crippen molar-refractivity contribution >= 4 is 11.6 Å². The van der Waals surface area contributed by atoms with Crippen molar-refractivity contribution in [1.82, 2.24) is 0 Å². The molecule has 7 heavy (non-hydrogen) atoms. The van der Waals surface area contributed by atoms with E-state index < -0.39 is 6.43 Å². The fourth-order valence-corrected chi connectivity index (χ4v) is 0.386. The molecule has 3 heteroatoms. The molecule has 0 spiro atoms. The third-order valence-electron chi connectivity index (χ3n) is 0.556. The molecule has 0 heterocycles. The average molecular weight is 129 g/mol. The van der Waals surface area contributed by atoms with Crippen molar-refractivity contribution in [3.8, 4) is 0 Å². The topological polar surface area (TPSA) is 0 Å². The average Bonchev–Trinajstić information content (AvgIpc) is 1.61. The van der Waals surface area contributed by atoms with Gasteiger partial charge in [0.05, 0.1) is 0 Å². The minimum Gasteiger partial charge on any atom is -0.211 e. The maximum atomic E-state index is 11.2. The summed E-state index contributed by atoms with van der Waals surface area (Å²) in [7, 11) is 0.